The summed E-state index contributed by atoms with van der Waals surface area (Å²) in [5.74, 6) is -0.600. The zero-order chi connectivity index (χ0) is 20.4. The van der Waals surface area contributed by atoms with Crippen molar-refractivity contribution in [2.75, 3.05) is 0 Å². The first kappa shape index (κ1) is 20.4. The van der Waals surface area contributed by atoms with Crippen LogP contribution in [0.4, 0.5) is 17.6 Å². The van der Waals surface area contributed by atoms with Crippen molar-refractivity contribution >= 4 is 20.4 Å². The van der Waals surface area contributed by atoms with Gasteiger partial charge in [-0.3, -0.25) is 3.63 Å². The van der Waals surface area contributed by atoms with E-state index in [2.05, 4.69) is 3.63 Å². The fraction of sp³-hybridized carbons (Fsp3) is 0.0526. The van der Waals surface area contributed by atoms with E-state index in [9.17, 15) is 26.0 Å². The molecule has 3 aromatic rings. The van der Waals surface area contributed by atoms with Gasteiger partial charge in [0.05, 0.1) is 25.0 Å². The minimum atomic E-state index is -5.84. The molecule has 0 aliphatic rings. The van der Waals surface area contributed by atoms with Crippen LogP contribution in [0.25, 0.3) is 0 Å². The second-order valence-corrected chi connectivity index (χ2v) is 10.2. The first-order valence-corrected chi connectivity index (χ1v) is 10.9. The Morgan fingerprint density at radius 1 is 0.643 bits per heavy atom. The van der Waals surface area contributed by atoms with E-state index in [-0.39, 0.29) is 14.7 Å². The van der Waals surface area contributed by atoms with Gasteiger partial charge in [-0.25, -0.2) is 4.39 Å². The number of benzene rings is 3. The quantitative estimate of drug-likeness (QED) is 0.216. The summed E-state index contributed by atoms with van der Waals surface area (Å²) < 4.78 is 80.9. The second-order valence-electron chi connectivity index (χ2n) is 5.66. The summed E-state index contributed by atoms with van der Waals surface area (Å²) in [4.78, 5) is 0.723. The normalized spacial score (nSPS) is 13.3. The minimum absolute atomic E-state index is 0.166. The fourth-order valence-corrected chi connectivity index (χ4v) is 7.59. The molecule has 148 valence electrons. The first-order valence-electron chi connectivity index (χ1n) is 7.91. The summed E-state index contributed by atoms with van der Waals surface area (Å²) >= 11 is 0. The summed E-state index contributed by atoms with van der Waals surface area (Å²) in [6.07, 6.45) is 0. The maximum Gasteiger partial charge on any atom is 0.572 e. The van der Waals surface area contributed by atoms with E-state index in [1.165, 1.54) is 36.4 Å². The van der Waals surface area contributed by atoms with Crippen molar-refractivity contribution in [2.24, 2.45) is 0 Å². The molecule has 0 amide bonds. The maximum absolute atomic E-state index is 13.5. The molecule has 0 aromatic heterocycles. The van der Waals surface area contributed by atoms with Crippen LogP contribution >= 0.6 is 10.3 Å². The van der Waals surface area contributed by atoms with Gasteiger partial charge in [0.25, 0.3) is 0 Å². The molecule has 0 fully saturated rings. The van der Waals surface area contributed by atoms with E-state index < -0.39 is 31.8 Å². The van der Waals surface area contributed by atoms with Crippen molar-refractivity contribution in [3.05, 3.63) is 90.7 Å². The molecule has 0 spiro atoms. The highest BCUT2D eigenvalue weighted by molar-refractivity contribution is 8.32. The van der Waals surface area contributed by atoms with Crippen molar-refractivity contribution < 1.29 is 29.6 Å². The highest BCUT2D eigenvalue weighted by atomic mass is 32.3. The van der Waals surface area contributed by atoms with Crippen molar-refractivity contribution in [3.8, 4) is 0 Å². The van der Waals surface area contributed by atoms with Crippen LogP contribution < -0.4 is 0 Å². The van der Waals surface area contributed by atoms with Gasteiger partial charge in [0, 0.05) is 0 Å². The predicted molar refractivity (Wildman–Crippen MR) is 99.3 cm³/mol. The Hall–Kier alpha value is -2.36. The summed E-state index contributed by atoms with van der Waals surface area (Å²) in [6.45, 7) is 0. The van der Waals surface area contributed by atoms with Crippen LogP contribution in [0.3, 0.4) is 0 Å². The summed E-state index contributed by atoms with van der Waals surface area (Å²) in [5, 5.41) is 0. The summed E-state index contributed by atoms with van der Waals surface area (Å²) in [6, 6.07) is 20.4. The molecule has 0 saturated heterocycles. The Morgan fingerprint density at radius 3 is 1.43 bits per heavy atom. The van der Waals surface area contributed by atoms with Crippen LogP contribution in [0.15, 0.2) is 99.6 Å². The van der Waals surface area contributed by atoms with Gasteiger partial charge in [0.15, 0.2) is 0 Å². The molecule has 28 heavy (non-hydrogen) atoms. The van der Waals surface area contributed by atoms with Gasteiger partial charge in [-0.2, -0.15) is 13.2 Å². The molecule has 1 N–H and O–H groups in total. The van der Waals surface area contributed by atoms with E-state index in [4.69, 9.17) is 0 Å². The van der Waals surface area contributed by atoms with Gasteiger partial charge in [-0.05, 0) is 48.5 Å². The van der Waals surface area contributed by atoms with Crippen LogP contribution in [0.5, 0.6) is 0 Å². The zero-order valence-electron chi connectivity index (χ0n) is 14.2. The third-order valence-electron chi connectivity index (χ3n) is 3.83. The van der Waals surface area contributed by atoms with Crippen molar-refractivity contribution in [2.45, 2.75) is 20.2 Å². The number of alkyl halides is 3. The van der Waals surface area contributed by atoms with Crippen LogP contribution in [0.2, 0.25) is 0 Å². The molecule has 3 aromatic carbocycles. The van der Waals surface area contributed by atoms with E-state index in [0.29, 0.717) is 0 Å². The third kappa shape index (κ3) is 3.78. The molecule has 0 aliphatic carbocycles. The lowest BCUT2D eigenvalue weighted by Crippen LogP contribution is -2.30. The number of hydrogen-bond acceptors (Lipinski definition) is 2. The second kappa shape index (κ2) is 7.57. The molecule has 3 nitrogen and oxygen atoms in total. The Bertz CT molecular complexity index is 997. The molecule has 9 heteroatoms. The molecule has 0 atom stereocenters. The summed E-state index contributed by atoms with van der Waals surface area (Å²) in [7, 11) is -9.08. The average Bonchev–Trinajstić information content (AvgIpc) is 2.67. The predicted octanol–water partition coefficient (Wildman–Crippen LogP) is 5.97. The van der Waals surface area contributed by atoms with Gasteiger partial charge in [-0.15, -0.1) is 8.42 Å². The topological polar surface area (TPSA) is 46.9 Å². The largest absolute Gasteiger partial charge is 0.572 e. The lowest BCUT2D eigenvalue weighted by Gasteiger charge is -2.34. The fourth-order valence-electron chi connectivity index (χ4n) is 2.59. The minimum Gasteiger partial charge on any atom is -0.255 e. The molecule has 3 rings (SSSR count). The highest BCUT2D eigenvalue weighted by Gasteiger charge is 2.57. The van der Waals surface area contributed by atoms with Gasteiger partial charge in [-0.1, -0.05) is 36.4 Å². The van der Waals surface area contributed by atoms with E-state index in [1.807, 2.05) is 0 Å². The van der Waals surface area contributed by atoms with Gasteiger partial charge in [0.1, 0.15) is 5.82 Å². The number of halogens is 4. The Labute approximate surface area is 161 Å². The van der Waals surface area contributed by atoms with Crippen molar-refractivity contribution in [3.63, 3.8) is 0 Å². The van der Waals surface area contributed by atoms with Gasteiger partial charge < -0.3 is 0 Å². The van der Waals surface area contributed by atoms with Crippen LogP contribution in [0.1, 0.15) is 0 Å². The molecule has 0 bridgehead atoms. The van der Waals surface area contributed by atoms with E-state index in [0.717, 1.165) is 12.1 Å². The smallest absolute Gasteiger partial charge is 0.255 e. The molecule has 0 heterocycles. The SMILES string of the molecule is O=S(=O)([OH+]S(c1ccccc1)(c1ccccc1)c1ccc(F)cc1)C(F)(F)F. The molecular weight excluding hydrogens is 416 g/mol. The summed E-state index contributed by atoms with van der Waals surface area (Å²) in [5.41, 5.74) is -5.56. The van der Waals surface area contributed by atoms with E-state index >= 15 is 0 Å². The number of rotatable bonds is 5. The molecule has 0 unspecified atom stereocenters. The Morgan fingerprint density at radius 2 is 1.04 bits per heavy atom. The van der Waals surface area contributed by atoms with E-state index in [1.54, 1.807) is 36.4 Å². The molecular formula is C19H15F4O3S2+. The van der Waals surface area contributed by atoms with Crippen LogP contribution in [0, 0.1) is 5.82 Å². The lowest BCUT2D eigenvalue weighted by molar-refractivity contribution is -0.0540. The van der Waals surface area contributed by atoms with Gasteiger partial charge >= 0.3 is 15.6 Å². The zero-order valence-corrected chi connectivity index (χ0v) is 15.8. The van der Waals surface area contributed by atoms with Crippen molar-refractivity contribution in [1.29, 1.82) is 0 Å². The molecule has 0 radical (unpaired) electrons. The molecule has 0 saturated carbocycles. The first-order chi connectivity index (χ1) is 13.2. The Balaban J connectivity index is 2.38. The molecule has 0 aliphatic heterocycles. The van der Waals surface area contributed by atoms with Gasteiger partial charge in [0.2, 0.25) is 0 Å². The lowest BCUT2D eigenvalue weighted by atomic mass is 10.3. The Kier molecular flexibility index (Phi) is 5.51. The standard InChI is InChI=1S/C19H14F4O3S2/c20-15-11-13-18(14-12-15)27(16-7-3-1-4-8-16,17-9-5-2-6-10-17)26-28(24,25)19(21,22)23/h1-14H/p+1. The highest BCUT2D eigenvalue weighted by Crippen LogP contribution is 2.68. The monoisotopic (exact) mass is 431 g/mol. The third-order valence-corrected chi connectivity index (χ3v) is 8.95. The van der Waals surface area contributed by atoms with Crippen molar-refractivity contribution in [1.82, 2.24) is 0 Å². The average molecular weight is 431 g/mol. The van der Waals surface area contributed by atoms with Crippen LogP contribution in [-0.4, -0.2) is 17.6 Å². The van der Waals surface area contributed by atoms with Crippen LogP contribution in [-0.2, 0) is 10.1 Å². The maximum atomic E-state index is 13.5. The number of hydrogen-bond donors (Lipinski definition) is 0.